The molecule has 0 spiro atoms. The molecule has 2 aromatic rings. The van der Waals surface area contributed by atoms with E-state index in [4.69, 9.17) is 0 Å². The van der Waals surface area contributed by atoms with Crippen molar-refractivity contribution in [1.82, 2.24) is 15.2 Å². The normalized spacial score (nSPS) is 17.6. The van der Waals surface area contributed by atoms with Crippen LogP contribution in [0.5, 0.6) is 0 Å². The van der Waals surface area contributed by atoms with Gasteiger partial charge in [-0.1, -0.05) is 30.6 Å². The highest BCUT2D eigenvalue weighted by Crippen LogP contribution is 2.27. The number of hydrogen-bond donors (Lipinski definition) is 1. The molecule has 4 rings (SSSR count). The standard InChI is InChI=1S/C26H33N3O2S/c30-24(19-23-11-6-18-32-23)29(17-14-20-7-2-1-3-8-20)25(21-12-15-27-16-13-21)26(31)28-22-9-4-5-10-22/h6-7,11-13,15-16,18,22,25H,1-5,8-10,14,17,19H2,(H,28,31). The zero-order chi connectivity index (χ0) is 22.2. The van der Waals surface area contributed by atoms with Crippen LogP contribution in [0.15, 0.2) is 53.7 Å². The molecule has 1 saturated carbocycles. The maximum absolute atomic E-state index is 13.6. The smallest absolute Gasteiger partial charge is 0.247 e. The Kier molecular flexibility index (Phi) is 8.10. The van der Waals surface area contributed by atoms with E-state index < -0.39 is 6.04 Å². The van der Waals surface area contributed by atoms with Gasteiger partial charge in [0.15, 0.2) is 0 Å². The average Bonchev–Trinajstić information content (AvgIpc) is 3.52. The van der Waals surface area contributed by atoms with E-state index in [-0.39, 0.29) is 17.9 Å². The number of pyridine rings is 1. The van der Waals surface area contributed by atoms with E-state index in [1.807, 2.05) is 34.5 Å². The SMILES string of the molecule is O=C(NC1CCCC1)C(c1ccncc1)N(CCC1=CCCCC1)C(=O)Cc1cccs1. The van der Waals surface area contributed by atoms with E-state index in [0.29, 0.717) is 13.0 Å². The van der Waals surface area contributed by atoms with Crippen LogP contribution in [-0.4, -0.2) is 34.3 Å². The molecule has 5 nitrogen and oxygen atoms in total. The highest BCUT2D eigenvalue weighted by molar-refractivity contribution is 7.10. The number of nitrogens with one attached hydrogen (secondary N) is 1. The first-order valence-corrected chi connectivity index (χ1v) is 12.8. The lowest BCUT2D eigenvalue weighted by Gasteiger charge is -2.33. The summed E-state index contributed by atoms with van der Waals surface area (Å²) < 4.78 is 0. The van der Waals surface area contributed by atoms with Gasteiger partial charge < -0.3 is 10.2 Å². The molecule has 2 aliphatic carbocycles. The third kappa shape index (κ3) is 6.06. The van der Waals surface area contributed by atoms with E-state index in [1.165, 1.54) is 18.4 Å². The van der Waals surface area contributed by atoms with Crippen molar-refractivity contribution in [3.8, 4) is 0 Å². The Bertz CT molecular complexity index is 904. The monoisotopic (exact) mass is 451 g/mol. The minimum atomic E-state index is -0.629. The molecule has 32 heavy (non-hydrogen) atoms. The minimum Gasteiger partial charge on any atom is -0.351 e. The number of allylic oxidation sites excluding steroid dienone is 1. The first kappa shape index (κ1) is 22.7. The molecule has 0 bridgehead atoms. The van der Waals surface area contributed by atoms with Gasteiger partial charge >= 0.3 is 0 Å². The quantitative estimate of drug-likeness (QED) is 0.533. The number of carbonyl (C=O) groups is 2. The van der Waals surface area contributed by atoms with E-state index >= 15 is 0 Å². The van der Waals surface area contributed by atoms with E-state index in [2.05, 4.69) is 16.4 Å². The van der Waals surface area contributed by atoms with Crippen LogP contribution in [0.4, 0.5) is 0 Å². The predicted molar refractivity (Wildman–Crippen MR) is 128 cm³/mol. The summed E-state index contributed by atoms with van der Waals surface area (Å²) in [5.74, 6) is -0.0625. The number of hydrogen-bond acceptors (Lipinski definition) is 4. The Morgan fingerprint density at radius 3 is 2.62 bits per heavy atom. The van der Waals surface area contributed by atoms with Crippen LogP contribution < -0.4 is 5.32 Å². The van der Waals surface area contributed by atoms with Crippen molar-refractivity contribution in [1.29, 1.82) is 0 Å². The fraction of sp³-hybridized carbons (Fsp3) is 0.500. The van der Waals surface area contributed by atoms with Crippen LogP contribution in [0.3, 0.4) is 0 Å². The van der Waals surface area contributed by atoms with Gasteiger partial charge in [-0.15, -0.1) is 11.3 Å². The number of carbonyl (C=O) groups excluding carboxylic acids is 2. The molecule has 2 amide bonds. The summed E-state index contributed by atoms with van der Waals surface area (Å²) in [6, 6.07) is 7.27. The van der Waals surface area contributed by atoms with Crippen molar-refractivity contribution in [2.24, 2.45) is 0 Å². The van der Waals surface area contributed by atoms with Crippen molar-refractivity contribution in [2.75, 3.05) is 6.54 Å². The van der Waals surface area contributed by atoms with Crippen molar-refractivity contribution < 1.29 is 9.59 Å². The molecule has 170 valence electrons. The third-order valence-electron chi connectivity index (χ3n) is 6.57. The molecule has 0 radical (unpaired) electrons. The topological polar surface area (TPSA) is 62.3 Å². The second kappa shape index (κ2) is 11.4. The fourth-order valence-corrected chi connectivity index (χ4v) is 5.52. The first-order valence-electron chi connectivity index (χ1n) is 11.9. The second-order valence-electron chi connectivity index (χ2n) is 8.87. The largest absolute Gasteiger partial charge is 0.351 e. The maximum Gasteiger partial charge on any atom is 0.247 e. The highest BCUT2D eigenvalue weighted by atomic mass is 32.1. The van der Waals surface area contributed by atoms with Crippen LogP contribution in [0.1, 0.15) is 74.3 Å². The van der Waals surface area contributed by atoms with Gasteiger partial charge in [-0.25, -0.2) is 0 Å². The Balaban J connectivity index is 1.59. The molecule has 0 aliphatic heterocycles. The third-order valence-corrected chi connectivity index (χ3v) is 7.44. The highest BCUT2D eigenvalue weighted by Gasteiger charge is 2.33. The lowest BCUT2D eigenvalue weighted by Crippen LogP contribution is -2.47. The fourth-order valence-electron chi connectivity index (χ4n) is 4.83. The summed E-state index contributed by atoms with van der Waals surface area (Å²) in [6.45, 7) is 0.557. The second-order valence-corrected chi connectivity index (χ2v) is 9.91. The number of nitrogens with zero attached hydrogens (tertiary/aromatic N) is 2. The van der Waals surface area contributed by atoms with Crippen molar-refractivity contribution in [3.05, 3.63) is 64.1 Å². The Labute approximate surface area is 194 Å². The van der Waals surface area contributed by atoms with Gasteiger partial charge in [0, 0.05) is 29.9 Å². The molecule has 6 heteroatoms. The summed E-state index contributed by atoms with van der Waals surface area (Å²) in [5, 5.41) is 5.24. The Morgan fingerprint density at radius 2 is 1.94 bits per heavy atom. The number of amides is 2. The van der Waals surface area contributed by atoms with Gasteiger partial charge in [-0.05, 0) is 74.1 Å². The summed E-state index contributed by atoms with van der Waals surface area (Å²) in [5.41, 5.74) is 2.24. The average molecular weight is 452 g/mol. The van der Waals surface area contributed by atoms with Crippen molar-refractivity contribution >= 4 is 23.2 Å². The lowest BCUT2D eigenvalue weighted by atomic mass is 9.96. The van der Waals surface area contributed by atoms with Crippen LogP contribution >= 0.6 is 11.3 Å². The molecule has 1 N–H and O–H groups in total. The molecule has 1 atom stereocenters. The van der Waals surface area contributed by atoms with Crippen molar-refractivity contribution in [2.45, 2.75) is 76.3 Å². The molecule has 2 aliphatic rings. The van der Waals surface area contributed by atoms with Gasteiger partial charge in [0.2, 0.25) is 11.8 Å². The van der Waals surface area contributed by atoms with Gasteiger partial charge in [0.25, 0.3) is 0 Å². The summed E-state index contributed by atoms with van der Waals surface area (Å²) >= 11 is 1.59. The van der Waals surface area contributed by atoms with Gasteiger partial charge in [-0.3, -0.25) is 14.6 Å². The minimum absolute atomic E-state index is 0.00671. The summed E-state index contributed by atoms with van der Waals surface area (Å²) in [4.78, 5) is 34.1. The molecule has 2 aromatic heterocycles. The van der Waals surface area contributed by atoms with Gasteiger partial charge in [0.05, 0.1) is 6.42 Å². The molecule has 0 aromatic carbocycles. The van der Waals surface area contributed by atoms with Gasteiger partial charge in [0.1, 0.15) is 6.04 Å². The zero-order valence-corrected chi connectivity index (χ0v) is 19.5. The van der Waals surface area contributed by atoms with Crippen LogP contribution in [0, 0.1) is 0 Å². The first-order chi connectivity index (χ1) is 15.7. The Morgan fingerprint density at radius 1 is 1.12 bits per heavy atom. The predicted octanol–water partition coefficient (Wildman–Crippen LogP) is 5.20. The number of thiophene rings is 1. The molecular weight excluding hydrogens is 418 g/mol. The van der Waals surface area contributed by atoms with Gasteiger partial charge in [-0.2, -0.15) is 0 Å². The van der Waals surface area contributed by atoms with Crippen molar-refractivity contribution in [3.63, 3.8) is 0 Å². The molecule has 1 unspecified atom stereocenters. The lowest BCUT2D eigenvalue weighted by molar-refractivity contribution is -0.140. The van der Waals surface area contributed by atoms with E-state index in [0.717, 1.165) is 55.4 Å². The Hall–Kier alpha value is -2.47. The van der Waals surface area contributed by atoms with E-state index in [1.54, 1.807) is 23.7 Å². The molecule has 1 fully saturated rings. The van der Waals surface area contributed by atoms with Crippen LogP contribution in [-0.2, 0) is 16.0 Å². The summed E-state index contributed by atoms with van der Waals surface area (Å²) in [7, 11) is 0. The number of rotatable bonds is 9. The molecular formula is C26H33N3O2S. The number of aromatic nitrogens is 1. The maximum atomic E-state index is 13.6. The van der Waals surface area contributed by atoms with Crippen LogP contribution in [0.2, 0.25) is 0 Å². The zero-order valence-electron chi connectivity index (χ0n) is 18.7. The van der Waals surface area contributed by atoms with Crippen LogP contribution in [0.25, 0.3) is 0 Å². The van der Waals surface area contributed by atoms with E-state index in [9.17, 15) is 9.59 Å². The summed E-state index contributed by atoms with van der Waals surface area (Å²) in [6.07, 6.45) is 15.9. The molecule has 0 saturated heterocycles. The molecule has 2 heterocycles.